The summed E-state index contributed by atoms with van der Waals surface area (Å²) in [5.41, 5.74) is 3.25. The van der Waals surface area contributed by atoms with Crippen molar-refractivity contribution >= 4 is 11.7 Å². The van der Waals surface area contributed by atoms with Crippen LogP contribution >= 0.6 is 11.7 Å². The predicted octanol–water partition coefficient (Wildman–Crippen LogP) is 2.55. The van der Waals surface area contributed by atoms with Crippen molar-refractivity contribution < 1.29 is 4.74 Å². The quantitative estimate of drug-likeness (QED) is 0.900. The Morgan fingerprint density at radius 3 is 2.89 bits per heavy atom. The fraction of sp³-hybridized carbons (Fsp3) is 0.385. The molecule has 0 amide bonds. The Balaban J connectivity index is 2.45. The van der Waals surface area contributed by atoms with Crippen LogP contribution in [0.5, 0.6) is 5.75 Å². The minimum Gasteiger partial charge on any atom is -0.496 e. The number of nitrogens with one attached hydrogen (secondary N) is 1. The number of hydrogen-bond donors (Lipinski definition) is 1. The van der Waals surface area contributed by atoms with Crippen LogP contribution in [0.4, 0.5) is 0 Å². The summed E-state index contributed by atoms with van der Waals surface area (Å²) in [6.07, 6.45) is 1.81. The number of hydrogen-bond acceptors (Lipinski definition) is 5. The first kappa shape index (κ1) is 13.0. The summed E-state index contributed by atoms with van der Waals surface area (Å²) in [6, 6.07) is 6.20. The van der Waals surface area contributed by atoms with Gasteiger partial charge in [0.1, 0.15) is 5.75 Å². The average Bonchev–Trinajstić information content (AvgIpc) is 2.89. The van der Waals surface area contributed by atoms with Crippen LogP contribution in [0.2, 0.25) is 0 Å². The Bertz CT molecular complexity index is 499. The fourth-order valence-corrected chi connectivity index (χ4v) is 2.41. The van der Waals surface area contributed by atoms with Gasteiger partial charge in [0, 0.05) is 5.56 Å². The van der Waals surface area contributed by atoms with Gasteiger partial charge in [-0.15, -0.1) is 0 Å². The van der Waals surface area contributed by atoms with E-state index in [1.165, 1.54) is 17.3 Å². The number of methoxy groups -OCH3 is 1. The molecule has 1 unspecified atom stereocenters. The van der Waals surface area contributed by atoms with Crippen LogP contribution in [0.15, 0.2) is 24.4 Å². The van der Waals surface area contributed by atoms with Gasteiger partial charge in [-0.1, -0.05) is 24.6 Å². The Hall–Kier alpha value is -1.46. The summed E-state index contributed by atoms with van der Waals surface area (Å²) < 4.78 is 13.8. The number of aryl methyl sites for hydroxylation is 1. The number of nitrogens with zero attached hydrogens (tertiary/aromatic N) is 2. The Kier molecular flexibility index (Phi) is 4.28. The van der Waals surface area contributed by atoms with Crippen LogP contribution < -0.4 is 10.1 Å². The standard InChI is InChI=1S/C13H17N3OS/c1-4-14-13(11-8-15-18-16-11)10-7-9(2)5-6-12(10)17-3/h5-8,13-14H,4H2,1-3H3. The summed E-state index contributed by atoms with van der Waals surface area (Å²) >= 11 is 1.23. The second-order valence-corrected chi connectivity index (χ2v) is 4.63. The van der Waals surface area contributed by atoms with E-state index in [9.17, 15) is 0 Å². The lowest BCUT2D eigenvalue weighted by Gasteiger charge is -2.19. The van der Waals surface area contributed by atoms with E-state index in [-0.39, 0.29) is 6.04 Å². The number of aromatic nitrogens is 2. The lowest BCUT2D eigenvalue weighted by molar-refractivity contribution is 0.404. The van der Waals surface area contributed by atoms with Crippen molar-refractivity contribution in [3.05, 3.63) is 41.2 Å². The van der Waals surface area contributed by atoms with Crippen LogP contribution in [0.1, 0.15) is 29.8 Å². The smallest absolute Gasteiger partial charge is 0.124 e. The zero-order chi connectivity index (χ0) is 13.0. The number of benzene rings is 1. The third kappa shape index (κ3) is 2.68. The molecule has 2 rings (SSSR count). The van der Waals surface area contributed by atoms with E-state index in [0.29, 0.717) is 0 Å². The van der Waals surface area contributed by atoms with E-state index < -0.39 is 0 Å². The molecule has 0 bridgehead atoms. The molecule has 1 N–H and O–H groups in total. The maximum atomic E-state index is 5.44. The monoisotopic (exact) mass is 263 g/mol. The third-order valence-electron chi connectivity index (χ3n) is 2.78. The molecule has 96 valence electrons. The highest BCUT2D eigenvalue weighted by Crippen LogP contribution is 2.30. The molecule has 5 heteroatoms. The summed E-state index contributed by atoms with van der Waals surface area (Å²) in [5, 5.41) is 3.43. The molecule has 0 saturated heterocycles. The molecule has 0 aliphatic heterocycles. The normalized spacial score (nSPS) is 12.4. The van der Waals surface area contributed by atoms with E-state index in [2.05, 4.69) is 34.0 Å². The molecule has 0 fully saturated rings. The molecule has 0 aliphatic rings. The van der Waals surface area contributed by atoms with Crippen molar-refractivity contribution in [2.24, 2.45) is 0 Å². The van der Waals surface area contributed by atoms with Gasteiger partial charge in [0.2, 0.25) is 0 Å². The van der Waals surface area contributed by atoms with Crippen LogP contribution in [0.3, 0.4) is 0 Å². The van der Waals surface area contributed by atoms with Gasteiger partial charge < -0.3 is 10.1 Å². The average molecular weight is 263 g/mol. The summed E-state index contributed by atoms with van der Waals surface area (Å²) in [7, 11) is 1.69. The van der Waals surface area contributed by atoms with Crippen molar-refractivity contribution in [1.82, 2.24) is 14.1 Å². The Labute approximate surface area is 111 Å². The van der Waals surface area contributed by atoms with E-state index in [0.717, 1.165) is 23.6 Å². The van der Waals surface area contributed by atoms with Crippen molar-refractivity contribution in [2.45, 2.75) is 19.9 Å². The molecule has 1 aromatic heterocycles. The highest BCUT2D eigenvalue weighted by Gasteiger charge is 2.19. The van der Waals surface area contributed by atoms with Crippen molar-refractivity contribution in [3.63, 3.8) is 0 Å². The first-order valence-electron chi connectivity index (χ1n) is 5.91. The molecule has 0 saturated carbocycles. The van der Waals surface area contributed by atoms with Gasteiger partial charge in [0.15, 0.2) is 0 Å². The molecule has 1 aromatic carbocycles. The first-order valence-corrected chi connectivity index (χ1v) is 6.64. The minimum atomic E-state index is 0.0311. The van der Waals surface area contributed by atoms with E-state index in [1.54, 1.807) is 13.3 Å². The van der Waals surface area contributed by atoms with Crippen molar-refractivity contribution in [1.29, 1.82) is 0 Å². The second kappa shape index (κ2) is 5.93. The van der Waals surface area contributed by atoms with Crippen LogP contribution in [-0.4, -0.2) is 22.4 Å². The summed E-state index contributed by atoms with van der Waals surface area (Å²) in [6.45, 7) is 5.01. The topological polar surface area (TPSA) is 47.0 Å². The van der Waals surface area contributed by atoms with Gasteiger partial charge in [-0.2, -0.15) is 8.75 Å². The Morgan fingerprint density at radius 1 is 1.44 bits per heavy atom. The molecular weight excluding hydrogens is 246 g/mol. The van der Waals surface area contributed by atoms with E-state index >= 15 is 0 Å². The molecule has 18 heavy (non-hydrogen) atoms. The van der Waals surface area contributed by atoms with Gasteiger partial charge in [-0.25, -0.2) is 0 Å². The Morgan fingerprint density at radius 2 is 2.28 bits per heavy atom. The van der Waals surface area contributed by atoms with Crippen LogP contribution in [0, 0.1) is 6.92 Å². The minimum absolute atomic E-state index is 0.0311. The molecule has 0 spiro atoms. The predicted molar refractivity (Wildman–Crippen MR) is 73.2 cm³/mol. The van der Waals surface area contributed by atoms with Gasteiger partial charge in [0.25, 0.3) is 0 Å². The van der Waals surface area contributed by atoms with E-state index in [4.69, 9.17) is 4.74 Å². The van der Waals surface area contributed by atoms with Crippen LogP contribution in [0.25, 0.3) is 0 Å². The SMILES string of the molecule is CCNC(c1cnsn1)c1cc(C)ccc1OC. The highest BCUT2D eigenvalue weighted by atomic mass is 32.1. The number of ether oxygens (including phenoxy) is 1. The highest BCUT2D eigenvalue weighted by molar-refractivity contribution is 6.99. The van der Waals surface area contributed by atoms with Gasteiger partial charge in [-0.3, -0.25) is 0 Å². The van der Waals surface area contributed by atoms with E-state index in [1.807, 2.05) is 12.1 Å². The maximum Gasteiger partial charge on any atom is 0.124 e. The van der Waals surface area contributed by atoms with Gasteiger partial charge >= 0.3 is 0 Å². The molecular formula is C13H17N3OS. The zero-order valence-corrected chi connectivity index (χ0v) is 11.6. The van der Waals surface area contributed by atoms with Gasteiger partial charge in [-0.05, 0) is 19.5 Å². The number of rotatable bonds is 5. The molecule has 1 atom stereocenters. The van der Waals surface area contributed by atoms with Gasteiger partial charge in [0.05, 0.1) is 36.8 Å². The third-order valence-corrected chi connectivity index (χ3v) is 3.27. The summed E-state index contributed by atoms with van der Waals surface area (Å²) in [5.74, 6) is 0.875. The summed E-state index contributed by atoms with van der Waals surface area (Å²) in [4.78, 5) is 0. The fourth-order valence-electron chi connectivity index (χ4n) is 1.96. The molecule has 1 heterocycles. The largest absolute Gasteiger partial charge is 0.496 e. The molecule has 0 aliphatic carbocycles. The molecule has 4 nitrogen and oxygen atoms in total. The van der Waals surface area contributed by atoms with Crippen LogP contribution in [-0.2, 0) is 0 Å². The molecule has 0 radical (unpaired) electrons. The maximum absolute atomic E-state index is 5.44. The van der Waals surface area contributed by atoms with Crippen molar-refractivity contribution in [3.8, 4) is 5.75 Å². The lowest BCUT2D eigenvalue weighted by atomic mass is 10.0. The lowest BCUT2D eigenvalue weighted by Crippen LogP contribution is -2.23. The zero-order valence-electron chi connectivity index (χ0n) is 10.8. The first-order chi connectivity index (χ1) is 8.76. The van der Waals surface area contributed by atoms with Crippen molar-refractivity contribution in [2.75, 3.05) is 13.7 Å². The molecule has 2 aromatic rings. The second-order valence-electron chi connectivity index (χ2n) is 4.07.